The molecule has 78 heavy (non-hydrogen) atoms. The van der Waals surface area contributed by atoms with E-state index in [2.05, 4.69) is 130 Å². The summed E-state index contributed by atoms with van der Waals surface area (Å²) in [5.41, 5.74) is 0. The highest BCUT2D eigenvalue weighted by Gasteiger charge is 2.19. The first-order valence-corrected chi connectivity index (χ1v) is 32.9. The molecule has 1 unspecified atom stereocenters. The Hall–Kier alpha value is -3.93. The summed E-state index contributed by atoms with van der Waals surface area (Å²) in [6, 6.07) is 0. The van der Waals surface area contributed by atoms with Crippen LogP contribution in [0.1, 0.15) is 310 Å². The molecule has 1 atom stereocenters. The van der Waals surface area contributed by atoms with Gasteiger partial charge in [-0.3, -0.25) is 14.4 Å². The van der Waals surface area contributed by atoms with Crippen molar-refractivity contribution in [1.82, 2.24) is 0 Å². The van der Waals surface area contributed by atoms with Gasteiger partial charge in [0.05, 0.1) is 0 Å². The highest BCUT2D eigenvalue weighted by molar-refractivity contribution is 5.71. The number of unbranched alkanes of at least 4 members (excludes halogenated alkanes) is 30. The monoisotopic (exact) mass is 1080 g/mol. The largest absolute Gasteiger partial charge is 0.462 e. The van der Waals surface area contributed by atoms with E-state index < -0.39 is 6.10 Å². The van der Waals surface area contributed by atoms with Crippen LogP contribution in [0.15, 0.2) is 109 Å². The zero-order valence-electron chi connectivity index (χ0n) is 51.2. The molecule has 0 spiro atoms. The second-order valence-electron chi connectivity index (χ2n) is 21.6. The topological polar surface area (TPSA) is 78.9 Å². The Morgan fingerprint density at radius 2 is 0.526 bits per heavy atom. The third-order valence-electron chi connectivity index (χ3n) is 14.0. The molecule has 6 nitrogen and oxygen atoms in total. The second-order valence-corrected chi connectivity index (χ2v) is 21.6. The van der Waals surface area contributed by atoms with Gasteiger partial charge in [0, 0.05) is 19.3 Å². The highest BCUT2D eigenvalue weighted by atomic mass is 16.6. The molecule has 0 aromatic rings. The van der Waals surface area contributed by atoms with Crippen molar-refractivity contribution < 1.29 is 28.6 Å². The van der Waals surface area contributed by atoms with Crippen molar-refractivity contribution in [3.05, 3.63) is 109 Å². The van der Waals surface area contributed by atoms with E-state index in [1.807, 2.05) is 0 Å². The first kappa shape index (κ1) is 74.1. The average Bonchev–Trinajstić information content (AvgIpc) is 3.44. The van der Waals surface area contributed by atoms with E-state index in [1.165, 1.54) is 128 Å². The maximum Gasteiger partial charge on any atom is 0.306 e. The lowest BCUT2D eigenvalue weighted by atomic mass is 10.0. The van der Waals surface area contributed by atoms with Crippen LogP contribution < -0.4 is 0 Å². The summed E-state index contributed by atoms with van der Waals surface area (Å²) in [5.74, 6) is -0.903. The van der Waals surface area contributed by atoms with Crippen molar-refractivity contribution in [2.24, 2.45) is 0 Å². The van der Waals surface area contributed by atoms with Gasteiger partial charge in [0.1, 0.15) is 13.2 Å². The van der Waals surface area contributed by atoms with E-state index in [0.717, 1.165) is 141 Å². The van der Waals surface area contributed by atoms with Gasteiger partial charge in [-0.05, 0) is 122 Å². The number of hydrogen-bond acceptors (Lipinski definition) is 6. The number of carbonyl (C=O) groups is 3. The molecular formula is C72H122O6. The molecule has 0 heterocycles. The lowest BCUT2D eigenvalue weighted by molar-refractivity contribution is -0.167. The van der Waals surface area contributed by atoms with Crippen LogP contribution in [-0.2, 0) is 28.6 Å². The third-order valence-corrected chi connectivity index (χ3v) is 14.0. The van der Waals surface area contributed by atoms with E-state index in [4.69, 9.17) is 14.2 Å². The van der Waals surface area contributed by atoms with Gasteiger partial charge in [0.15, 0.2) is 6.10 Å². The Labute approximate surface area is 482 Å². The second kappa shape index (κ2) is 65.6. The molecule has 0 radical (unpaired) electrons. The summed E-state index contributed by atoms with van der Waals surface area (Å²) >= 11 is 0. The van der Waals surface area contributed by atoms with Gasteiger partial charge in [0.25, 0.3) is 0 Å². The number of rotatable bonds is 59. The zero-order valence-corrected chi connectivity index (χ0v) is 51.2. The maximum absolute atomic E-state index is 12.9. The molecule has 0 aliphatic heterocycles. The normalized spacial score (nSPS) is 12.8. The number of carbonyl (C=O) groups excluding carboxylic acids is 3. The molecule has 0 aromatic carbocycles. The number of hydrogen-bond donors (Lipinski definition) is 0. The van der Waals surface area contributed by atoms with E-state index in [1.54, 1.807) is 0 Å². The smallest absolute Gasteiger partial charge is 0.306 e. The molecule has 446 valence electrons. The van der Waals surface area contributed by atoms with Crippen molar-refractivity contribution in [1.29, 1.82) is 0 Å². The van der Waals surface area contributed by atoms with Crippen LogP contribution in [0.3, 0.4) is 0 Å². The Morgan fingerprint density at radius 1 is 0.269 bits per heavy atom. The highest BCUT2D eigenvalue weighted by Crippen LogP contribution is 2.16. The molecule has 0 aliphatic rings. The maximum atomic E-state index is 12.9. The van der Waals surface area contributed by atoms with E-state index in [0.29, 0.717) is 19.3 Å². The van der Waals surface area contributed by atoms with Crippen molar-refractivity contribution in [2.75, 3.05) is 13.2 Å². The van der Waals surface area contributed by atoms with E-state index in [-0.39, 0.29) is 31.1 Å². The lowest BCUT2D eigenvalue weighted by Gasteiger charge is -2.18. The van der Waals surface area contributed by atoms with Crippen molar-refractivity contribution in [3.8, 4) is 0 Å². The van der Waals surface area contributed by atoms with Crippen LogP contribution in [0.5, 0.6) is 0 Å². The molecule has 0 aromatic heterocycles. The molecule has 0 aliphatic carbocycles. The molecule has 0 bridgehead atoms. The zero-order chi connectivity index (χ0) is 56.4. The number of ether oxygens (including phenoxy) is 3. The summed E-state index contributed by atoms with van der Waals surface area (Å²) in [6.45, 7) is 6.46. The van der Waals surface area contributed by atoms with Gasteiger partial charge in [0.2, 0.25) is 0 Å². The molecule has 0 rings (SSSR count). The molecule has 0 fully saturated rings. The molecule has 0 saturated heterocycles. The van der Waals surface area contributed by atoms with Gasteiger partial charge in [-0.2, -0.15) is 0 Å². The predicted octanol–water partition coefficient (Wildman–Crippen LogP) is 22.6. The minimum Gasteiger partial charge on any atom is -0.462 e. The summed E-state index contributed by atoms with van der Waals surface area (Å²) in [6.07, 6.45) is 89.6. The predicted molar refractivity (Wildman–Crippen MR) is 339 cm³/mol. The number of esters is 3. The minimum absolute atomic E-state index is 0.0860. The summed E-state index contributed by atoms with van der Waals surface area (Å²) in [4.78, 5) is 38.3. The molecule has 6 heteroatoms. The third kappa shape index (κ3) is 62.9. The molecule has 0 saturated carbocycles. The molecular weight excluding hydrogens is 961 g/mol. The summed E-state index contributed by atoms with van der Waals surface area (Å²) in [5, 5.41) is 0. The Morgan fingerprint density at radius 3 is 0.846 bits per heavy atom. The van der Waals surface area contributed by atoms with Gasteiger partial charge in [-0.15, -0.1) is 0 Å². The first-order chi connectivity index (χ1) is 38.5. The van der Waals surface area contributed by atoms with Crippen LogP contribution in [-0.4, -0.2) is 37.2 Å². The van der Waals surface area contributed by atoms with E-state index >= 15 is 0 Å². The summed E-state index contributed by atoms with van der Waals surface area (Å²) in [7, 11) is 0. The lowest BCUT2D eigenvalue weighted by Crippen LogP contribution is -2.30. The fourth-order valence-electron chi connectivity index (χ4n) is 9.07. The minimum atomic E-state index is -0.790. The summed E-state index contributed by atoms with van der Waals surface area (Å²) < 4.78 is 16.9. The standard InChI is InChI=1S/C72H122O6/c1-4-7-10-13-16-19-22-25-27-29-30-31-32-33-34-35-36-37-38-39-40-41-42-43-45-47-50-53-56-59-62-65-71(74)77-68-69(67-76-70(73)64-61-58-55-52-49-46-24-21-18-15-12-9-6-3)78-72(75)66-63-60-57-54-51-48-44-28-26-23-20-17-14-11-8-5-2/h7,10,12,15-16,19,21,24-25,27-28,30-31,33-34,36-37,44,69H,4-6,8-9,11,13-14,17-18,20,22-23,26,29,32,35,38-43,45-68H2,1-3H3/b10-7-,15-12-,19-16-,24-21-,27-25-,31-30-,34-33-,37-36-,44-28-. The molecule has 0 N–H and O–H groups in total. The van der Waals surface area contributed by atoms with E-state index in [9.17, 15) is 14.4 Å². The van der Waals surface area contributed by atoms with Crippen molar-refractivity contribution >= 4 is 17.9 Å². The van der Waals surface area contributed by atoms with Gasteiger partial charge < -0.3 is 14.2 Å². The van der Waals surface area contributed by atoms with Gasteiger partial charge in [-0.25, -0.2) is 0 Å². The SMILES string of the molecule is CC/C=C\C/C=C\C/C=C\C/C=C\C/C=C\C/C=C\CCCCCCCCCCCCCCC(=O)OCC(COC(=O)CCCCCCC/C=C\C/C=C\CCC)OC(=O)CCCCCCC/C=C\CCCCCCCCC. The Balaban J connectivity index is 4.25. The Kier molecular flexibility index (Phi) is 62.3. The quantitative estimate of drug-likeness (QED) is 0.0261. The van der Waals surface area contributed by atoms with Gasteiger partial charge >= 0.3 is 17.9 Å². The van der Waals surface area contributed by atoms with Crippen LogP contribution >= 0.6 is 0 Å². The van der Waals surface area contributed by atoms with Crippen LogP contribution in [0.2, 0.25) is 0 Å². The van der Waals surface area contributed by atoms with Crippen molar-refractivity contribution in [2.45, 2.75) is 316 Å². The Bertz CT molecular complexity index is 1570. The molecule has 0 amide bonds. The van der Waals surface area contributed by atoms with Crippen LogP contribution in [0.25, 0.3) is 0 Å². The average molecular weight is 1080 g/mol. The fourth-order valence-corrected chi connectivity index (χ4v) is 9.07. The van der Waals surface area contributed by atoms with Crippen molar-refractivity contribution in [3.63, 3.8) is 0 Å². The number of allylic oxidation sites excluding steroid dienone is 18. The van der Waals surface area contributed by atoms with Gasteiger partial charge in [-0.1, -0.05) is 278 Å². The fraction of sp³-hybridized carbons (Fsp3) is 0.708. The van der Waals surface area contributed by atoms with Crippen LogP contribution in [0, 0.1) is 0 Å². The first-order valence-electron chi connectivity index (χ1n) is 32.9. The van der Waals surface area contributed by atoms with Crippen LogP contribution in [0.4, 0.5) is 0 Å².